The third-order valence-corrected chi connectivity index (χ3v) is 2.72. The van der Waals surface area contributed by atoms with Gasteiger partial charge in [0.15, 0.2) is 5.75 Å². The van der Waals surface area contributed by atoms with E-state index in [0.29, 0.717) is 5.75 Å². The van der Waals surface area contributed by atoms with Crippen LogP contribution in [0.2, 0.25) is 0 Å². The quantitative estimate of drug-likeness (QED) is 0.834. The Morgan fingerprint density at radius 2 is 2.22 bits per heavy atom. The van der Waals surface area contributed by atoms with Crippen molar-refractivity contribution < 1.29 is 9.53 Å². The smallest absolute Gasteiger partial charge is 0.308 e. The molecule has 0 atom stereocenters. The highest BCUT2D eigenvalue weighted by atomic mass is 16.5. The minimum absolute atomic E-state index is 0.330. The van der Waals surface area contributed by atoms with E-state index in [1.165, 1.54) is 6.92 Å². The lowest BCUT2D eigenvalue weighted by Crippen LogP contribution is -2.15. The number of esters is 1. The van der Waals surface area contributed by atoms with Gasteiger partial charge >= 0.3 is 5.97 Å². The fourth-order valence-electron chi connectivity index (χ4n) is 1.89. The number of aromatic amines is 1. The number of pyridine rings is 1. The van der Waals surface area contributed by atoms with Crippen molar-refractivity contribution in [1.82, 2.24) is 14.9 Å². The molecule has 2 aromatic heterocycles. The van der Waals surface area contributed by atoms with Gasteiger partial charge in [0.05, 0.1) is 17.9 Å². The standard InChI is InChI=1S/C13H17N3O2/c1-9(17)18-12-8-14-7-11-13(12)10(6-15-11)4-5-16(2)3/h6-8,15H,4-5H2,1-3H3. The molecule has 5 heteroatoms. The van der Waals surface area contributed by atoms with E-state index in [0.717, 1.165) is 29.4 Å². The molecule has 0 unspecified atom stereocenters. The number of carbonyl (C=O) groups is 1. The Balaban J connectivity index is 2.38. The summed E-state index contributed by atoms with van der Waals surface area (Å²) in [6.07, 6.45) is 6.16. The van der Waals surface area contributed by atoms with Gasteiger partial charge in [-0.05, 0) is 26.1 Å². The summed E-state index contributed by atoms with van der Waals surface area (Å²) in [5, 5.41) is 0.946. The average molecular weight is 247 g/mol. The van der Waals surface area contributed by atoms with Crippen molar-refractivity contribution in [3.8, 4) is 5.75 Å². The van der Waals surface area contributed by atoms with Crippen LogP contribution >= 0.6 is 0 Å². The van der Waals surface area contributed by atoms with Gasteiger partial charge in [0.25, 0.3) is 0 Å². The number of hydrogen-bond donors (Lipinski definition) is 1. The first-order valence-corrected chi connectivity index (χ1v) is 5.85. The molecule has 96 valence electrons. The van der Waals surface area contributed by atoms with E-state index in [1.54, 1.807) is 12.4 Å². The fraction of sp³-hybridized carbons (Fsp3) is 0.385. The molecule has 0 spiro atoms. The molecule has 2 rings (SSSR count). The van der Waals surface area contributed by atoms with Crippen molar-refractivity contribution in [2.24, 2.45) is 0 Å². The largest absolute Gasteiger partial charge is 0.424 e. The van der Waals surface area contributed by atoms with Gasteiger partial charge in [-0.25, -0.2) is 0 Å². The van der Waals surface area contributed by atoms with Crippen LogP contribution in [0.25, 0.3) is 10.9 Å². The molecule has 0 aliphatic heterocycles. The van der Waals surface area contributed by atoms with Crippen molar-refractivity contribution in [3.63, 3.8) is 0 Å². The summed E-state index contributed by atoms with van der Waals surface area (Å²) >= 11 is 0. The third kappa shape index (κ3) is 2.68. The van der Waals surface area contributed by atoms with Crippen molar-refractivity contribution >= 4 is 16.9 Å². The maximum absolute atomic E-state index is 11.1. The van der Waals surface area contributed by atoms with E-state index in [4.69, 9.17) is 4.74 Å². The van der Waals surface area contributed by atoms with Crippen LogP contribution in [-0.4, -0.2) is 41.5 Å². The predicted octanol–water partition coefficient (Wildman–Crippen LogP) is 1.59. The first-order valence-electron chi connectivity index (χ1n) is 5.85. The van der Waals surface area contributed by atoms with Crippen molar-refractivity contribution in [2.45, 2.75) is 13.3 Å². The molecule has 1 N–H and O–H groups in total. The lowest BCUT2D eigenvalue weighted by molar-refractivity contribution is -0.131. The minimum Gasteiger partial charge on any atom is -0.424 e. The second kappa shape index (κ2) is 5.18. The third-order valence-electron chi connectivity index (χ3n) is 2.72. The number of rotatable bonds is 4. The van der Waals surface area contributed by atoms with Crippen LogP contribution in [0, 0.1) is 0 Å². The molecule has 0 radical (unpaired) electrons. The normalized spacial score (nSPS) is 11.1. The lowest BCUT2D eigenvalue weighted by Gasteiger charge is -2.09. The summed E-state index contributed by atoms with van der Waals surface area (Å²) in [6, 6.07) is 0. The van der Waals surface area contributed by atoms with E-state index < -0.39 is 0 Å². The number of aromatic nitrogens is 2. The van der Waals surface area contributed by atoms with Gasteiger partial charge in [0.1, 0.15) is 0 Å². The topological polar surface area (TPSA) is 58.2 Å². The summed E-state index contributed by atoms with van der Waals surface area (Å²) in [7, 11) is 4.06. The lowest BCUT2D eigenvalue weighted by atomic mass is 10.1. The van der Waals surface area contributed by atoms with Crippen LogP contribution in [0.15, 0.2) is 18.6 Å². The molecule has 0 fully saturated rings. The van der Waals surface area contributed by atoms with Gasteiger partial charge < -0.3 is 14.6 Å². The first kappa shape index (κ1) is 12.6. The van der Waals surface area contributed by atoms with Gasteiger partial charge in [-0.1, -0.05) is 0 Å². The number of fused-ring (bicyclic) bond motifs is 1. The molecule has 0 aliphatic rings. The number of hydrogen-bond acceptors (Lipinski definition) is 4. The molecule has 0 aliphatic carbocycles. The maximum atomic E-state index is 11.1. The number of H-pyrrole nitrogens is 1. The van der Waals surface area contributed by atoms with E-state index in [1.807, 2.05) is 20.3 Å². The van der Waals surface area contributed by atoms with Crippen LogP contribution < -0.4 is 4.74 Å². The van der Waals surface area contributed by atoms with Gasteiger partial charge in [0.2, 0.25) is 0 Å². The second-order valence-electron chi connectivity index (χ2n) is 4.52. The highest BCUT2D eigenvalue weighted by molar-refractivity contribution is 5.90. The zero-order valence-electron chi connectivity index (χ0n) is 10.9. The molecule has 0 bridgehead atoms. The summed E-state index contributed by atoms with van der Waals surface area (Å²) in [5.74, 6) is 0.194. The number of likely N-dealkylation sites (N-methyl/N-ethyl adjacent to an activating group) is 1. The highest BCUT2D eigenvalue weighted by Crippen LogP contribution is 2.28. The van der Waals surface area contributed by atoms with Gasteiger partial charge in [-0.3, -0.25) is 9.78 Å². The number of nitrogens with zero attached hydrogens (tertiary/aromatic N) is 2. The van der Waals surface area contributed by atoms with Crippen molar-refractivity contribution in [3.05, 3.63) is 24.2 Å². The zero-order chi connectivity index (χ0) is 13.1. The average Bonchev–Trinajstić information content (AvgIpc) is 2.70. The monoisotopic (exact) mass is 247 g/mol. The molecule has 18 heavy (non-hydrogen) atoms. The Morgan fingerprint density at radius 3 is 2.89 bits per heavy atom. The van der Waals surface area contributed by atoms with Gasteiger partial charge in [-0.15, -0.1) is 0 Å². The minimum atomic E-state index is -0.330. The molecule has 0 aromatic carbocycles. The SMILES string of the molecule is CC(=O)Oc1cncc2[nH]cc(CCN(C)C)c12. The molecule has 0 amide bonds. The first-order chi connectivity index (χ1) is 8.58. The van der Waals surface area contributed by atoms with Crippen molar-refractivity contribution in [1.29, 1.82) is 0 Å². The summed E-state index contributed by atoms with van der Waals surface area (Å²) in [5.41, 5.74) is 2.03. The fourth-order valence-corrected chi connectivity index (χ4v) is 1.89. The van der Waals surface area contributed by atoms with Crippen molar-refractivity contribution in [2.75, 3.05) is 20.6 Å². The highest BCUT2D eigenvalue weighted by Gasteiger charge is 2.11. The molecule has 2 aromatic rings. The number of ether oxygens (including phenoxy) is 1. The Bertz CT molecular complexity index is 560. The van der Waals surface area contributed by atoms with E-state index >= 15 is 0 Å². The molecular weight excluding hydrogens is 230 g/mol. The number of carbonyl (C=O) groups excluding carboxylic acids is 1. The summed E-state index contributed by atoms with van der Waals surface area (Å²) < 4.78 is 5.20. The van der Waals surface area contributed by atoms with E-state index in [2.05, 4.69) is 14.9 Å². The maximum Gasteiger partial charge on any atom is 0.308 e. The molecule has 0 saturated carbocycles. The Labute approximate surface area is 106 Å². The van der Waals surface area contributed by atoms with Crippen LogP contribution in [0.5, 0.6) is 5.75 Å². The zero-order valence-corrected chi connectivity index (χ0v) is 10.9. The molecule has 5 nitrogen and oxygen atoms in total. The van der Waals surface area contributed by atoms with Gasteiger partial charge in [0, 0.05) is 25.1 Å². The Hall–Kier alpha value is -1.88. The van der Waals surface area contributed by atoms with Crippen LogP contribution in [0.1, 0.15) is 12.5 Å². The van der Waals surface area contributed by atoms with Crippen LogP contribution in [0.4, 0.5) is 0 Å². The van der Waals surface area contributed by atoms with Crippen LogP contribution in [0.3, 0.4) is 0 Å². The molecule has 0 saturated heterocycles. The Morgan fingerprint density at radius 1 is 1.44 bits per heavy atom. The summed E-state index contributed by atoms with van der Waals surface area (Å²) in [6.45, 7) is 2.33. The van der Waals surface area contributed by atoms with E-state index in [-0.39, 0.29) is 5.97 Å². The van der Waals surface area contributed by atoms with Crippen LogP contribution in [-0.2, 0) is 11.2 Å². The van der Waals surface area contributed by atoms with Gasteiger partial charge in [-0.2, -0.15) is 0 Å². The second-order valence-corrected chi connectivity index (χ2v) is 4.52. The Kier molecular flexibility index (Phi) is 3.62. The molecule has 2 heterocycles. The summed E-state index contributed by atoms with van der Waals surface area (Å²) in [4.78, 5) is 20.4. The predicted molar refractivity (Wildman–Crippen MR) is 69.7 cm³/mol. The van der Waals surface area contributed by atoms with E-state index in [9.17, 15) is 4.79 Å². The molecular formula is C13H17N3O2. The number of nitrogens with one attached hydrogen (secondary N) is 1.